The Hall–Kier alpha value is -1.08. The molecule has 16 heavy (non-hydrogen) atoms. The molecule has 0 unspecified atom stereocenters. The molecule has 8 heteroatoms. The van der Waals surface area contributed by atoms with Gasteiger partial charge in [-0.1, -0.05) is 0 Å². The van der Waals surface area contributed by atoms with Gasteiger partial charge in [-0.2, -0.15) is 26.3 Å². The molecule has 0 N–H and O–H groups in total. The van der Waals surface area contributed by atoms with E-state index in [0.717, 1.165) is 0 Å². The maximum absolute atomic E-state index is 12.5. The van der Waals surface area contributed by atoms with Crippen LogP contribution in [-0.2, 0) is 0 Å². The summed E-state index contributed by atoms with van der Waals surface area (Å²) >= 11 is 0. The summed E-state index contributed by atoms with van der Waals surface area (Å²) in [6.07, 6.45) is -11.2. The van der Waals surface area contributed by atoms with Gasteiger partial charge in [0.2, 0.25) is 0 Å². The molecule has 0 aliphatic carbocycles. The molecule has 0 saturated carbocycles. The Morgan fingerprint density at radius 3 is 0.875 bits per heavy atom. The van der Waals surface area contributed by atoms with Crippen molar-refractivity contribution in [3.05, 3.63) is 22.8 Å². The minimum Gasteiger partial charge on any atom is -0.211 e. The van der Waals surface area contributed by atoms with Gasteiger partial charge >= 0.3 is 12.4 Å². The van der Waals surface area contributed by atoms with Gasteiger partial charge in [0.05, 0.1) is 0 Å². The van der Waals surface area contributed by atoms with Crippen molar-refractivity contribution in [1.82, 2.24) is 0 Å². The number of alkyl halides is 6. The molecule has 0 radical (unpaired) electrons. The average Bonchev–Trinajstić information content (AvgIpc) is 1.92. The van der Waals surface area contributed by atoms with E-state index < -0.39 is 35.2 Å². The van der Waals surface area contributed by atoms with Crippen LogP contribution in [0.2, 0.25) is 0 Å². The number of halogens is 8. The Kier molecular flexibility index (Phi) is 4.12. The third kappa shape index (κ3) is 3.49. The third-order valence-corrected chi connectivity index (χ3v) is 1.51. The highest BCUT2D eigenvalue weighted by atomic mass is 19.4. The van der Waals surface area contributed by atoms with Crippen molar-refractivity contribution in [2.75, 3.05) is 0 Å². The van der Waals surface area contributed by atoms with Crippen LogP contribution >= 0.6 is 0 Å². The van der Waals surface area contributed by atoms with Crippen LogP contribution in [0.4, 0.5) is 35.1 Å². The molecule has 0 aliphatic rings. The van der Waals surface area contributed by atoms with Crippen LogP contribution in [0.25, 0.3) is 0 Å². The molecule has 0 aliphatic heterocycles. The number of allylic oxidation sites excluding steroid dienone is 4. The van der Waals surface area contributed by atoms with E-state index in [1.165, 1.54) is 0 Å². The average molecular weight is 254 g/mol. The van der Waals surface area contributed by atoms with Gasteiger partial charge in [0.25, 0.3) is 0 Å². The molecule has 0 fully saturated rings. The van der Waals surface area contributed by atoms with Gasteiger partial charge in [0.15, 0.2) is 0 Å². The van der Waals surface area contributed by atoms with Gasteiger partial charge in [-0.05, 0) is 13.8 Å². The third-order valence-electron chi connectivity index (χ3n) is 1.51. The van der Waals surface area contributed by atoms with E-state index in [1.807, 2.05) is 0 Å². The lowest BCUT2D eigenvalue weighted by Gasteiger charge is -2.18. The summed E-state index contributed by atoms with van der Waals surface area (Å²) in [6.45, 7) is 0.356. The second-order valence-corrected chi connectivity index (χ2v) is 2.81. The van der Waals surface area contributed by atoms with Crippen LogP contribution in [0.5, 0.6) is 0 Å². The molecule has 0 bridgehead atoms. The lowest BCUT2D eigenvalue weighted by atomic mass is 10.0. The van der Waals surface area contributed by atoms with Crippen molar-refractivity contribution in [1.29, 1.82) is 0 Å². The molecule has 0 saturated heterocycles. The van der Waals surface area contributed by atoms with Gasteiger partial charge in [0, 0.05) is 0 Å². The Morgan fingerprint density at radius 1 is 0.625 bits per heavy atom. The normalized spacial score (nSPS) is 16.9. The van der Waals surface area contributed by atoms with E-state index in [-0.39, 0.29) is 13.8 Å². The van der Waals surface area contributed by atoms with Crippen molar-refractivity contribution >= 4 is 0 Å². The summed E-state index contributed by atoms with van der Waals surface area (Å²) in [6, 6.07) is 0. The topological polar surface area (TPSA) is 0 Å². The summed E-state index contributed by atoms with van der Waals surface area (Å²) in [4.78, 5) is 0. The minimum absolute atomic E-state index is 0.178. The standard InChI is InChI=1S/C8H6F8/c1-3(9)5(7(11,12)13)6(4(2)10)8(14,15)16/h1-2H3/b5-3+,6-4+. The van der Waals surface area contributed by atoms with E-state index in [0.29, 0.717) is 0 Å². The summed E-state index contributed by atoms with van der Waals surface area (Å²) in [5.74, 6) is -4.28. The fourth-order valence-electron chi connectivity index (χ4n) is 1.02. The highest BCUT2D eigenvalue weighted by Crippen LogP contribution is 2.43. The summed E-state index contributed by atoms with van der Waals surface area (Å²) in [5.41, 5.74) is -5.28. The molecule has 0 aromatic heterocycles. The predicted octanol–water partition coefficient (Wildman–Crippen LogP) is 4.60. The van der Waals surface area contributed by atoms with Crippen LogP contribution < -0.4 is 0 Å². The van der Waals surface area contributed by atoms with Crippen molar-refractivity contribution in [2.45, 2.75) is 26.2 Å². The maximum atomic E-state index is 12.5. The first-order chi connectivity index (χ1) is 6.89. The van der Waals surface area contributed by atoms with E-state index in [9.17, 15) is 35.1 Å². The van der Waals surface area contributed by atoms with Crippen LogP contribution in [0.1, 0.15) is 13.8 Å². The van der Waals surface area contributed by atoms with Crippen LogP contribution in [0.15, 0.2) is 22.8 Å². The molecular weight excluding hydrogens is 248 g/mol. The fourth-order valence-corrected chi connectivity index (χ4v) is 1.02. The van der Waals surface area contributed by atoms with Crippen molar-refractivity contribution in [3.63, 3.8) is 0 Å². The van der Waals surface area contributed by atoms with Gasteiger partial charge in [-0.15, -0.1) is 0 Å². The first kappa shape index (κ1) is 14.9. The van der Waals surface area contributed by atoms with Crippen LogP contribution in [-0.4, -0.2) is 12.4 Å². The van der Waals surface area contributed by atoms with Crippen molar-refractivity contribution in [2.24, 2.45) is 0 Å². The van der Waals surface area contributed by atoms with Gasteiger partial charge in [-0.3, -0.25) is 0 Å². The highest BCUT2D eigenvalue weighted by Gasteiger charge is 2.49. The van der Waals surface area contributed by atoms with Crippen LogP contribution in [0.3, 0.4) is 0 Å². The molecule has 0 aromatic carbocycles. The molecule has 0 heterocycles. The molecule has 94 valence electrons. The Morgan fingerprint density at radius 2 is 0.812 bits per heavy atom. The van der Waals surface area contributed by atoms with Gasteiger partial charge in [-0.25, -0.2) is 8.78 Å². The largest absolute Gasteiger partial charge is 0.419 e. The summed E-state index contributed by atoms with van der Waals surface area (Å²) in [5, 5.41) is 0. The van der Waals surface area contributed by atoms with E-state index >= 15 is 0 Å². The quantitative estimate of drug-likeness (QED) is 0.474. The van der Waals surface area contributed by atoms with E-state index in [2.05, 4.69) is 0 Å². The summed E-state index contributed by atoms with van der Waals surface area (Å²) in [7, 11) is 0. The highest BCUT2D eigenvalue weighted by molar-refractivity contribution is 5.41. The van der Waals surface area contributed by atoms with Gasteiger partial charge < -0.3 is 0 Å². The monoisotopic (exact) mass is 254 g/mol. The Bertz CT molecular complexity index is 285. The van der Waals surface area contributed by atoms with Crippen LogP contribution in [0, 0.1) is 0 Å². The lowest BCUT2D eigenvalue weighted by Crippen LogP contribution is -2.25. The molecular formula is C8H6F8. The van der Waals surface area contributed by atoms with Crippen molar-refractivity contribution in [3.8, 4) is 0 Å². The minimum atomic E-state index is -5.61. The zero-order chi connectivity index (χ0) is 13.3. The Balaban J connectivity index is 5.95. The SMILES string of the molecule is C/C(F)=C(/C(=C(/C)F)C(F)(F)F)C(F)(F)F. The molecule has 0 amide bonds. The second kappa shape index (κ2) is 4.42. The first-order valence-electron chi connectivity index (χ1n) is 3.76. The molecule has 0 nitrogen and oxygen atoms in total. The van der Waals surface area contributed by atoms with Gasteiger partial charge in [0.1, 0.15) is 22.8 Å². The van der Waals surface area contributed by atoms with E-state index in [1.54, 1.807) is 0 Å². The zero-order valence-corrected chi connectivity index (χ0v) is 8.02. The predicted molar refractivity (Wildman–Crippen MR) is 39.7 cm³/mol. The fraction of sp³-hybridized carbons (Fsp3) is 0.500. The van der Waals surface area contributed by atoms with Crippen molar-refractivity contribution < 1.29 is 35.1 Å². The smallest absolute Gasteiger partial charge is 0.211 e. The number of rotatable bonds is 1. The molecule has 0 spiro atoms. The number of hydrogen-bond acceptors (Lipinski definition) is 0. The number of hydrogen-bond donors (Lipinski definition) is 0. The molecule has 0 atom stereocenters. The zero-order valence-electron chi connectivity index (χ0n) is 8.02. The summed E-state index contributed by atoms with van der Waals surface area (Å²) < 4.78 is 97.6. The maximum Gasteiger partial charge on any atom is 0.419 e. The lowest BCUT2D eigenvalue weighted by molar-refractivity contribution is -0.120. The molecule has 0 aromatic rings. The molecule has 0 rings (SSSR count). The van der Waals surface area contributed by atoms with E-state index in [4.69, 9.17) is 0 Å². The Labute approximate surface area is 85.2 Å². The first-order valence-corrected chi connectivity index (χ1v) is 3.76. The second-order valence-electron chi connectivity index (χ2n) is 2.81.